The molecule has 0 radical (unpaired) electrons. The highest BCUT2D eigenvalue weighted by Gasteiger charge is 2.19. The lowest BCUT2D eigenvalue weighted by atomic mass is 10.0. The zero-order valence-corrected chi connectivity index (χ0v) is 51.3. The SMILES string of the molecule is CC/C=C\C/C=C\C/C=C\C/C=C\C/C=C\C/C=C\C/C=C\C/C=C\C/C=C\C/C=C\CCCCC(=O)OCC(COC(=O)CCCCCCCCCCCCCCC)OC(=O)CCCCCCC/C=C\CCCCCCCC. The van der Waals surface area contributed by atoms with Gasteiger partial charge in [-0.3, -0.25) is 14.4 Å². The van der Waals surface area contributed by atoms with Gasteiger partial charge in [-0.15, -0.1) is 0 Å². The van der Waals surface area contributed by atoms with Crippen LogP contribution in [0.15, 0.2) is 134 Å². The maximum atomic E-state index is 12.9. The van der Waals surface area contributed by atoms with Crippen LogP contribution in [0, 0.1) is 0 Å². The molecule has 0 heterocycles. The first kappa shape index (κ1) is 74.5. The van der Waals surface area contributed by atoms with Gasteiger partial charge in [0, 0.05) is 19.3 Å². The van der Waals surface area contributed by atoms with Crippen molar-refractivity contribution in [1.29, 1.82) is 0 Å². The molecule has 0 rings (SSSR count). The number of allylic oxidation sites excluding steroid dienone is 22. The highest BCUT2D eigenvalue weighted by atomic mass is 16.6. The zero-order chi connectivity index (χ0) is 57.1. The fourth-order valence-electron chi connectivity index (χ4n) is 8.76. The van der Waals surface area contributed by atoms with Crippen LogP contribution in [0.2, 0.25) is 0 Å². The molecule has 6 nitrogen and oxygen atoms in total. The Hall–Kier alpha value is -4.45. The predicted molar refractivity (Wildman–Crippen MR) is 343 cm³/mol. The van der Waals surface area contributed by atoms with Crippen LogP contribution in [0.3, 0.4) is 0 Å². The quantitative estimate of drug-likeness (QED) is 0.0261. The minimum Gasteiger partial charge on any atom is -0.462 e. The molecule has 1 unspecified atom stereocenters. The Labute approximate surface area is 487 Å². The summed E-state index contributed by atoms with van der Waals surface area (Å²) in [4.78, 5) is 38.2. The maximum absolute atomic E-state index is 12.9. The molecule has 0 spiro atoms. The summed E-state index contributed by atoms with van der Waals surface area (Å²) in [7, 11) is 0. The molecule has 79 heavy (non-hydrogen) atoms. The lowest BCUT2D eigenvalue weighted by molar-refractivity contribution is -0.167. The van der Waals surface area contributed by atoms with Crippen molar-refractivity contribution in [3.63, 3.8) is 0 Å². The van der Waals surface area contributed by atoms with Crippen molar-refractivity contribution in [3.05, 3.63) is 134 Å². The second kappa shape index (κ2) is 66.1. The minimum atomic E-state index is -0.803. The first-order valence-corrected chi connectivity index (χ1v) is 32.7. The predicted octanol–water partition coefficient (Wildman–Crippen LogP) is 22.5. The van der Waals surface area contributed by atoms with Crippen molar-refractivity contribution in [3.8, 4) is 0 Å². The summed E-state index contributed by atoms with van der Waals surface area (Å²) in [5.74, 6) is -0.946. The largest absolute Gasteiger partial charge is 0.462 e. The van der Waals surface area contributed by atoms with Gasteiger partial charge in [0.15, 0.2) is 6.10 Å². The number of carbonyl (C=O) groups excluding carboxylic acids is 3. The summed E-state index contributed by atoms with van der Waals surface area (Å²) in [6.07, 6.45) is 93.2. The normalized spacial score (nSPS) is 13.0. The van der Waals surface area contributed by atoms with E-state index in [2.05, 4.69) is 154 Å². The molecule has 1 atom stereocenters. The molecule has 0 aliphatic heterocycles. The van der Waals surface area contributed by atoms with Gasteiger partial charge in [-0.25, -0.2) is 0 Å². The number of unbranched alkanes of at least 4 members (excludes halogenated alkanes) is 25. The van der Waals surface area contributed by atoms with E-state index in [0.717, 1.165) is 128 Å². The highest BCUT2D eigenvalue weighted by Crippen LogP contribution is 2.15. The standard InChI is InChI=1S/C73H120O6/c1-4-7-10-13-16-19-22-25-27-28-29-30-31-32-33-34-35-36-37-38-39-40-41-42-43-44-46-48-51-54-57-60-63-66-72(75)78-69-70(68-77-71(74)65-62-59-56-53-50-47-24-21-18-15-12-9-6-3)79-73(76)67-64-61-58-55-52-49-45-26-23-20-17-14-11-8-5-2/h7,10,16,19,25-27,29-30,32-33,35-36,38-39,41-42,44-46,51,54,70H,4-6,8-9,11-15,17-18,20-24,28,31,34,37,40,43,47-50,52-53,55-69H2,1-3H3/b10-7-,19-16-,27-25-,30-29-,33-32-,36-35-,39-38-,42-41-,45-26-,46-44-,54-51-. The Morgan fingerprint density at radius 1 is 0.266 bits per heavy atom. The number of hydrogen-bond donors (Lipinski definition) is 0. The van der Waals surface area contributed by atoms with E-state index >= 15 is 0 Å². The van der Waals surface area contributed by atoms with Crippen molar-refractivity contribution in [1.82, 2.24) is 0 Å². The molecule has 0 amide bonds. The second-order valence-corrected chi connectivity index (χ2v) is 21.3. The third kappa shape index (κ3) is 64.3. The van der Waals surface area contributed by atoms with Gasteiger partial charge in [-0.05, 0) is 122 Å². The van der Waals surface area contributed by atoms with Gasteiger partial charge in [0.25, 0.3) is 0 Å². The van der Waals surface area contributed by atoms with E-state index in [1.165, 1.54) is 116 Å². The van der Waals surface area contributed by atoms with Gasteiger partial charge in [0.05, 0.1) is 0 Å². The third-order valence-corrected chi connectivity index (χ3v) is 13.6. The van der Waals surface area contributed by atoms with Crippen LogP contribution in [0.4, 0.5) is 0 Å². The van der Waals surface area contributed by atoms with E-state index in [4.69, 9.17) is 14.2 Å². The van der Waals surface area contributed by atoms with Crippen LogP contribution in [0.25, 0.3) is 0 Å². The molecule has 0 fully saturated rings. The smallest absolute Gasteiger partial charge is 0.306 e. The van der Waals surface area contributed by atoms with Crippen LogP contribution in [-0.4, -0.2) is 37.2 Å². The average molecular weight is 1090 g/mol. The Kier molecular flexibility index (Phi) is 62.3. The van der Waals surface area contributed by atoms with E-state index in [1.807, 2.05) is 0 Å². The van der Waals surface area contributed by atoms with Crippen LogP contribution in [-0.2, 0) is 28.6 Å². The van der Waals surface area contributed by atoms with Crippen LogP contribution in [0.5, 0.6) is 0 Å². The first-order chi connectivity index (χ1) is 39.0. The Balaban J connectivity index is 4.37. The van der Waals surface area contributed by atoms with Crippen LogP contribution < -0.4 is 0 Å². The molecule has 0 aliphatic rings. The highest BCUT2D eigenvalue weighted by molar-refractivity contribution is 5.71. The number of rotatable bonds is 58. The monoisotopic (exact) mass is 1090 g/mol. The molecule has 0 bridgehead atoms. The molecular weight excluding hydrogens is 973 g/mol. The lowest BCUT2D eigenvalue weighted by Crippen LogP contribution is -2.30. The van der Waals surface area contributed by atoms with Crippen molar-refractivity contribution < 1.29 is 28.6 Å². The fraction of sp³-hybridized carbons (Fsp3) is 0.658. The van der Waals surface area contributed by atoms with Gasteiger partial charge in [-0.1, -0.05) is 283 Å². The van der Waals surface area contributed by atoms with Crippen LogP contribution >= 0.6 is 0 Å². The van der Waals surface area contributed by atoms with E-state index < -0.39 is 6.10 Å². The molecule has 0 saturated heterocycles. The van der Waals surface area contributed by atoms with Crippen LogP contribution in [0.1, 0.15) is 290 Å². The van der Waals surface area contributed by atoms with Gasteiger partial charge in [0.1, 0.15) is 13.2 Å². The van der Waals surface area contributed by atoms with Gasteiger partial charge < -0.3 is 14.2 Å². The topological polar surface area (TPSA) is 78.9 Å². The maximum Gasteiger partial charge on any atom is 0.306 e. The number of ether oxygens (including phenoxy) is 3. The van der Waals surface area contributed by atoms with Gasteiger partial charge >= 0.3 is 17.9 Å². The Morgan fingerprint density at radius 2 is 0.494 bits per heavy atom. The summed E-state index contributed by atoms with van der Waals surface area (Å²) in [6.45, 7) is 6.49. The molecule has 6 heteroatoms. The number of esters is 3. The summed E-state index contributed by atoms with van der Waals surface area (Å²) < 4.78 is 16.9. The zero-order valence-electron chi connectivity index (χ0n) is 51.3. The molecule has 0 aromatic heterocycles. The average Bonchev–Trinajstić information content (AvgIpc) is 3.45. The molecule has 0 saturated carbocycles. The number of hydrogen-bond acceptors (Lipinski definition) is 6. The molecule has 0 N–H and O–H groups in total. The molecule has 0 aliphatic carbocycles. The third-order valence-electron chi connectivity index (χ3n) is 13.6. The van der Waals surface area contributed by atoms with E-state index in [-0.39, 0.29) is 31.1 Å². The Morgan fingerprint density at radius 3 is 0.810 bits per heavy atom. The van der Waals surface area contributed by atoms with E-state index in [9.17, 15) is 14.4 Å². The van der Waals surface area contributed by atoms with Crippen molar-refractivity contribution in [2.75, 3.05) is 13.2 Å². The molecular formula is C73H120O6. The van der Waals surface area contributed by atoms with Crippen molar-refractivity contribution >= 4 is 17.9 Å². The summed E-state index contributed by atoms with van der Waals surface area (Å²) >= 11 is 0. The molecule has 0 aromatic carbocycles. The lowest BCUT2D eigenvalue weighted by Gasteiger charge is -2.18. The summed E-state index contributed by atoms with van der Waals surface area (Å²) in [6, 6.07) is 0. The first-order valence-electron chi connectivity index (χ1n) is 32.7. The Bertz CT molecular complexity index is 1680. The van der Waals surface area contributed by atoms with E-state index in [0.29, 0.717) is 25.7 Å². The molecule has 448 valence electrons. The molecule has 0 aromatic rings. The fourth-order valence-corrected chi connectivity index (χ4v) is 8.76. The van der Waals surface area contributed by atoms with Crippen molar-refractivity contribution in [2.45, 2.75) is 297 Å². The summed E-state index contributed by atoms with van der Waals surface area (Å²) in [5.41, 5.74) is 0. The second-order valence-electron chi connectivity index (χ2n) is 21.3. The minimum absolute atomic E-state index is 0.0954. The van der Waals surface area contributed by atoms with Gasteiger partial charge in [0.2, 0.25) is 0 Å². The summed E-state index contributed by atoms with van der Waals surface area (Å²) in [5, 5.41) is 0. The van der Waals surface area contributed by atoms with Crippen molar-refractivity contribution in [2.24, 2.45) is 0 Å². The van der Waals surface area contributed by atoms with Gasteiger partial charge in [-0.2, -0.15) is 0 Å². The van der Waals surface area contributed by atoms with E-state index in [1.54, 1.807) is 0 Å². The number of carbonyl (C=O) groups is 3.